The first-order chi connectivity index (χ1) is 10.5. The molecule has 0 bridgehead atoms. The number of hydrogen-bond donors (Lipinski definition) is 0. The fourth-order valence-electron chi connectivity index (χ4n) is 2.25. The molecule has 2 unspecified atom stereocenters. The molecule has 0 fully saturated rings. The van der Waals surface area contributed by atoms with Crippen molar-refractivity contribution in [2.24, 2.45) is 0 Å². The third-order valence-electron chi connectivity index (χ3n) is 3.72. The Morgan fingerprint density at radius 3 is 1.55 bits per heavy atom. The molecule has 3 heteroatoms. The number of ether oxygens (including phenoxy) is 1. The lowest BCUT2D eigenvalue weighted by Crippen LogP contribution is -2.21. The topological polar surface area (TPSA) is 49.4 Å². The number of aliphatic carboxylic acids is 1. The lowest BCUT2D eigenvalue weighted by molar-refractivity contribution is -0.297. The summed E-state index contributed by atoms with van der Waals surface area (Å²) in [6.07, 6.45) is 14.6. The number of carboxylic acid groups (broad SMARTS) is 1. The maximum atomic E-state index is 9.14. The van der Waals surface area contributed by atoms with Gasteiger partial charge in [-0.05, 0) is 31.8 Å². The molecule has 0 aromatic carbocycles. The second-order valence-corrected chi connectivity index (χ2v) is 5.71. The minimum atomic E-state index is -1.23. The molecule has 0 aliphatic rings. The van der Waals surface area contributed by atoms with E-state index in [9.17, 15) is 0 Å². The summed E-state index contributed by atoms with van der Waals surface area (Å²) in [5, 5.41) is 9.14. The van der Waals surface area contributed by atoms with E-state index in [0.717, 1.165) is 6.08 Å². The van der Waals surface area contributed by atoms with Gasteiger partial charge < -0.3 is 14.6 Å². The molecule has 0 saturated heterocycles. The van der Waals surface area contributed by atoms with Crippen molar-refractivity contribution in [3.63, 3.8) is 0 Å². The zero-order valence-corrected chi connectivity index (χ0v) is 15.2. The first kappa shape index (κ1) is 23.4. The van der Waals surface area contributed by atoms with Gasteiger partial charge in [0.05, 0.1) is 18.2 Å². The van der Waals surface area contributed by atoms with Crippen LogP contribution in [0.2, 0.25) is 0 Å². The Labute approximate surface area is 138 Å². The van der Waals surface area contributed by atoms with E-state index in [0.29, 0.717) is 12.2 Å². The molecular formula is C19H37O3-. The first-order valence-electron chi connectivity index (χ1n) is 9.04. The average Bonchev–Trinajstić information content (AvgIpc) is 2.53. The molecule has 2 atom stereocenters. The molecule has 0 rings (SSSR count). The van der Waals surface area contributed by atoms with Crippen molar-refractivity contribution in [1.29, 1.82) is 0 Å². The van der Waals surface area contributed by atoms with Crippen LogP contribution in [0, 0.1) is 0 Å². The monoisotopic (exact) mass is 313 g/mol. The van der Waals surface area contributed by atoms with Crippen molar-refractivity contribution >= 4 is 5.97 Å². The third kappa shape index (κ3) is 17.2. The highest BCUT2D eigenvalue weighted by molar-refractivity contribution is 5.76. The minimum Gasteiger partial charge on any atom is -0.545 e. The van der Waals surface area contributed by atoms with E-state index in [1.807, 2.05) is 0 Å². The molecule has 0 aromatic rings. The van der Waals surface area contributed by atoms with Crippen LogP contribution < -0.4 is 5.11 Å². The molecule has 0 N–H and O–H groups in total. The quantitative estimate of drug-likeness (QED) is 0.367. The molecule has 0 aliphatic heterocycles. The fourth-order valence-corrected chi connectivity index (χ4v) is 2.25. The highest BCUT2D eigenvalue weighted by atomic mass is 16.5. The predicted octanol–water partition coefficient (Wildman–Crippen LogP) is 4.64. The standard InChI is InChI=1S/C16H34O.C3H4O2/c1-5-9-11-13-15(7-3)17-16(8-4)14-12-10-6-2;1-2-3(4)5/h15-16H,5-14H2,1-4H3;2H,1H2,(H,4,5)/p-1. The van der Waals surface area contributed by atoms with E-state index >= 15 is 0 Å². The predicted molar refractivity (Wildman–Crippen MR) is 92.7 cm³/mol. The molecule has 0 aromatic heterocycles. The lowest BCUT2D eigenvalue weighted by Gasteiger charge is -2.23. The summed E-state index contributed by atoms with van der Waals surface area (Å²) in [5.74, 6) is -1.23. The van der Waals surface area contributed by atoms with E-state index < -0.39 is 5.97 Å². The average molecular weight is 314 g/mol. The second kappa shape index (κ2) is 18.2. The van der Waals surface area contributed by atoms with E-state index in [1.165, 1.54) is 64.2 Å². The number of carboxylic acids is 1. The molecule has 0 radical (unpaired) electrons. The van der Waals surface area contributed by atoms with Gasteiger partial charge in [-0.3, -0.25) is 0 Å². The molecule has 0 heterocycles. The SMILES string of the molecule is C=CC(=O)[O-].CCCCCC(CC)OC(CC)CCCCC. The molecule has 0 amide bonds. The Bertz CT molecular complexity index is 235. The third-order valence-corrected chi connectivity index (χ3v) is 3.72. The zero-order valence-electron chi connectivity index (χ0n) is 15.2. The van der Waals surface area contributed by atoms with Crippen molar-refractivity contribution in [2.75, 3.05) is 0 Å². The van der Waals surface area contributed by atoms with Gasteiger partial charge in [-0.15, -0.1) is 0 Å². The number of rotatable bonds is 13. The zero-order chi connectivity index (χ0) is 17.2. The van der Waals surface area contributed by atoms with Gasteiger partial charge in [0.2, 0.25) is 0 Å². The Morgan fingerprint density at radius 1 is 0.955 bits per heavy atom. The number of carbonyl (C=O) groups is 1. The van der Waals surface area contributed by atoms with Crippen molar-refractivity contribution in [2.45, 2.75) is 104 Å². The van der Waals surface area contributed by atoms with Gasteiger partial charge in [0.15, 0.2) is 0 Å². The van der Waals surface area contributed by atoms with E-state index in [-0.39, 0.29) is 0 Å². The molecular weight excluding hydrogens is 276 g/mol. The van der Waals surface area contributed by atoms with Crippen LogP contribution in [0.5, 0.6) is 0 Å². The van der Waals surface area contributed by atoms with Crippen LogP contribution in [-0.2, 0) is 9.53 Å². The van der Waals surface area contributed by atoms with Gasteiger partial charge >= 0.3 is 0 Å². The number of carbonyl (C=O) groups excluding carboxylic acids is 1. The van der Waals surface area contributed by atoms with Crippen molar-refractivity contribution < 1.29 is 14.6 Å². The Morgan fingerprint density at radius 2 is 1.32 bits per heavy atom. The Kier molecular flexibility index (Phi) is 19.4. The summed E-state index contributed by atoms with van der Waals surface area (Å²) in [6, 6.07) is 0. The number of unbranched alkanes of at least 4 members (excludes halogenated alkanes) is 4. The van der Waals surface area contributed by atoms with Crippen LogP contribution in [-0.4, -0.2) is 18.2 Å². The maximum absolute atomic E-state index is 9.14. The van der Waals surface area contributed by atoms with E-state index in [1.54, 1.807) is 0 Å². The van der Waals surface area contributed by atoms with Crippen LogP contribution in [0.25, 0.3) is 0 Å². The minimum absolute atomic E-state index is 0.508. The van der Waals surface area contributed by atoms with E-state index in [2.05, 4.69) is 34.3 Å². The van der Waals surface area contributed by atoms with Gasteiger partial charge in [0, 0.05) is 0 Å². The summed E-state index contributed by atoms with van der Waals surface area (Å²) < 4.78 is 6.24. The smallest absolute Gasteiger partial charge is 0.0636 e. The molecule has 132 valence electrons. The van der Waals surface area contributed by atoms with Crippen LogP contribution in [0.3, 0.4) is 0 Å². The van der Waals surface area contributed by atoms with Gasteiger partial charge in [-0.1, -0.05) is 72.8 Å². The summed E-state index contributed by atoms with van der Waals surface area (Å²) in [6.45, 7) is 11.9. The first-order valence-corrected chi connectivity index (χ1v) is 9.04. The second-order valence-electron chi connectivity index (χ2n) is 5.71. The molecule has 3 nitrogen and oxygen atoms in total. The van der Waals surface area contributed by atoms with Gasteiger partial charge in [0.1, 0.15) is 0 Å². The Hall–Kier alpha value is -0.830. The largest absolute Gasteiger partial charge is 0.545 e. The lowest BCUT2D eigenvalue weighted by atomic mass is 10.1. The normalized spacial score (nSPS) is 12.9. The highest BCUT2D eigenvalue weighted by Crippen LogP contribution is 2.17. The highest BCUT2D eigenvalue weighted by Gasteiger charge is 2.13. The summed E-state index contributed by atoms with van der Waals surface area (Å²) in [5.41, 5.74) is 0. The molecule has 0 aliphatic carbocycles. The van der Waals surface area contributed by atoms with Gasteiger partial charge in [-0.25, -0.2) is 0 Å². The molecule has 22 heavy (non-hydrogen) atoms. The van der Waals surface area contributed by atoms with Crippen LogP contribution >= 0.6 is 0 Å². The number of hydrogen-bond acceptors (Lipinski definition) is 3. The summed E-state index contributed by atoms with van der Waals surface area (Å²) in [4.78, 5) is 9.14. The van der Waals surface area contributed by atoms with Gasteiger partial charge in [-0.2, -0.15) is 0 Å². The van der Waals surface area contributed by atoms with Crippen LogP contribution in [0.4, 0.5) is 0 Å². The maximum Gasteiger partial charge on any atom is 0.0636 e. The Balaban J connectivity index is 0. The van der Waals surface area contributed by atoms with Gasteiger partial charge in [0.25, 0.3) is 0 Å². The van der Waals surface area contributed by atoms with Crippen LogP contribution in [0.15, 0.2) is 12.7 Å². The van der Waals surface area contributed by atoms with Crippen molar-refractivity contribution in [1.82, 2.24) is 0 Å². The van der Waals surface area contributed by atoms with Crippen LogP contribution in [0.1, 0.15) is 91.9 Å². The molecule has 0 saturated carbocycles. The van der Waals surface area contributed by atoms with E-state index in [4.69, 9.17) is 14.6 Å². The summed E-state index contributed by atoms with van der Waals surface area (Å²) in [7, 11) is 0. The molecule has 0 spiro atoms. The van der Waals surface area contributed by atoms with Crippen molar-refractivity contribution in [3.05, 3.63) is 12.7 Å². The van der Waals surface area contributed by atoms with Crippen molar-refractivity contribution in [3.8, 4) is 0 Å². The fraction of sp³-hybridized carbons (Fsp3) is 0.842. The summed E-state index contributed by atoms with van der Waals surface area (Å²) >= 11 is 0.